The van der Waals surface area contributed by atoms with Crippen molar-refractivity contribution in [3.05, 3.63) is 30.1 Å². The molecule has 2 heterocycles. The smallest absolute Gasteiger partial charge is 0.410 e. The van der Waals surface area contributed by atoms with Crippen LogP contribution in [0.5, 0.6) is 0 Å². The maximum atomic E-state index is 12.9. The van der Waals surface area contributed by atoms with Crippen LogP contribution in [0.1, 0.15) is 52.0 Å². The summed E-state index contributed by atoms with van der Waals surface area (Å²) in [5.74, 6) is 0.00162. The van der Waals surface area contributed by atoms with Crippen molar-refractivity contribution >= 4 is 12.0 Å². The number of hydrogen-bond acceptors (Lipinski definition) is 4. The zero-order valence-electron chi connectivity index (χ0n) is 16.4. The number of carbonyl (C=O) groups is 2. The summed E-state index contributed by atoms with van der Waals surface area (Å²) in [6.07, 6.45) is 7.54. The van der Waals surface area contributed by atoms with E-state index in [0.717, 1.165) is 25.7 Å². The Morgan fingerprint density at radius 3 is 2.77 bits per heavy atom. The largest absolute Gasteiger partial charge is 0.444 e. The molecule has 6 nitrogen and oxygen atoms in total. The number of rotatable bonds is 5. The molecule has 144 valence electrons. The van der Waals surface area contributed by atoms with Gasteiger partial charge in [-0.2, -0.15) is 0 Å². The van der Waals surface area contributed by atoms with Crippen molar-refractivity contribution < 1.29 is 14.3 Å². The second-order valence-corrected chi connectivity index (χ2v) is 7.91. The van der Waals surface area contributed by atoms with E-state index in [0.29, 0.717) is 19.5 Å². The number of aryl methyl sites for hydroxylation is 1. The van der Waals surface area contributed by atoms with Crippen LogP contribution in [0.15, 0.2) is 24.5 Å². The molecule has 1 atom stereocenters. The van der Waals surface area contributed by atoms with Gasteiger partial charge in [0.1, 0.15) is 11.6 Å². The van der Waals surface area contributed by atoms with Gasteiger partial charge < -0.3 is 9.64 Å². The third kappa shape index (κ3) is 6.00. The molecule has 0 aliphatic carbocycles. The fourth-order valence-electron chi connectivity index (χ4n) is 3.16. The highest BCUT2D eigenvalue weighted by Crippen LogP contribution is 2.22. The van der Waals surface area contributed by atoms with E-state index in [-0.39, 0.29) is 12.0 Å². The van der Waals surface area contributed by atoms with Gasteiger partial charge in [-0.05, 0) is 64.5 Å². The predicted octanol–water partition coefficient (Wildman–Crippen LogP) is 3.26. The molecule has 2 rings (SSSR count). The normalized spacial score (nSPS) is 17.7. The number of piperidine rings is 1. The minimum atomic E-state index is -0.558. The van der Waals surface area contributed by atoms with Crippen LogP contribution in [0.25, 0.3) is 0 Å². The minimum Gasteiger partial charge on any atom is -0.444 e. The molecule has 1 unspecified atom stereocenters. The number of carbonyl (C=O) groups excluding carboxylic acids is 2. The van der Waals surface area contributed by atoms with Gasteiger partial charge in [0.2, 0.25) is 5.91 Å². The number of pyridine rings is 1. The van der Waals surface area contributed by atoms with Crippen LogP contribution in [-0.2, 0) is 16.0 Å². The number of likely N-dealkylation sites (N-methyl/N-ethyl adjacent to an activating group) is 1. The van der Waals surface area contributed by atoms with Crippen LogP contribution >= 0.6 is 0 Å². The predicted molar refractivity (Wildman–Crippen MR) is 101 cm³/mol. The van der Waals surface area contributed by atoms with E-state index in [1.54, 1.807) is 16.0 Å². The van der Waals surface area contributed by atoms with Crippen molar-refractivity contribution in [3.8, 4) is 0 Å². The fourth-order valence-corrected chi connectivity index (χ4v) is 3.16. The molecular formula is C20H31N3O3. The third-order valence-corrected chi connectivity index (χ3v) is 4.47. The number of ether oxygens (including phenoxy) is 1. The van der Waals surface area contributed by atoms with E-state index in [4.69, 9.17) is 4.74 Å². The van der Waals surface area contributed by atoms with E-state index in [9.17, 15) is 9.59 Å². The topological polar surface area (TPSA) is 62.7 Å². The van der Waals surface area contributed by atoms with Gasteiger partial charge in [0, 0.05) is 32.5 Å². The zero-order valence-corrected chi connectivity index (χ0v) is 16.4. The van der Waals surface area contributed by atoms with E-state index >= 15 is 0 Å². The van der Waals surface area contributed by atoms with Gasteiger partial charge in [-0.15, -0.1) is 0 Å². The van der Waals surface area contributed by atoms with E-state index in [1.807, 2.05) is 46.1 Å². The zero-order chi connectivity index (χ0) is 19.2. The van der Waals surface area contributed by atoms with Crippen molar-refractivity contribution in [1.82, 2.24) is 14.8 Å². The Morgan fingerprint density at radius 2 is 2.12 bits per heavy atom. The monoisotopic (exact) mass is 361 g/mol. The Kier molecular flexibility index (Phi) is 7.00. The van der Waals surface area contributed by atoms with Gasteiger partial charge >= 0.3 is 6.09 Å². The molecule has 0 aromatic carbocycles. The molecule has 1 aliphatic rings. The highest BCUT2D eigenvalue weighted by atomic mass is 16.6. The number of likely N-dealkylation sites (tertiary alicyclic amines) is 1. The maximum Gasteiger partial charge on any atom is 0.410 e. The molecule has 0 spiro atoms. The molecule has 0 N–H and O–H groups in total. The summed E-state index contributed by atoms with van der Waals surface area (Å²) in [5, 5.41) is 0. The number of aromatic nitrogens is 1. The van der Waals surface area contributed by atoms with Crippen molar-refractivity contribution in [2.24, 2.45) is 0 Å². The Hall–Kier alpha value is -2.11. The van der Waals surface area contributed by atoms with Gasteiger partial charge in [0.15, 0.2) is 0 Å². The van der Waals surface area contributed by atoms with Crippen LogP contribution in [0.2, 0.25) is 0 Å². The number of nitrogens with zero attached hydrogens (tertiary/aromatic N) is 3. The second-order valence-electron chi connectivity index (χ2n) is 7.91. The summed E-state index contributed by atoms with van der Waals surface area (Å²) in [4.78, 5) is 32.8. The highest BCUT2D eigenvalue weighted by Gasteiger charge is 2.36. The van der Waals surface area contributed by atoms with Gasteiger partial charge in [-0.1, -0.05) is 6.07 Å². The molecule has 1 aromatic rings. The standard InChI is InChI=1S/C20H31N3O3/c1-20(2,3)26-19(25)23-14-6-5-11-17(23)18(24)22(4)13-8-10-16-9-7-12-21-15-16/h7,9,12,15,17H,5-6,8,10-11,13-14H2,1-4H3. The summed E-state index contributed by atoms with van der Waals surface area (Å²) >= 11 is 0. The molecule has 1 aliphatic heterocycles. The quantitative estimate of drug-likeness (QED) is 0.807. The molecule has 0 saturated carbocycles. The number of hydrogen-bond donors (Lipinski definition) is 0. The minimum absolute atomic E-state index is 0.00162. The molecular weight excluding hydrogens is 330 g/mol. The molecule has 1 fully saturated rings. The van der Waals surface area contributed by atoms with Crippen LogP contribution in [0.3, 0.4) is 0 Å². The van der Waals surface area contributed by atoms with Crippen molar-refractivity contribution in [2.75, 3.05) is 20.1 Å². The first-order valence-corrected chi connectivity index (χ1v) is 9.41. The second kappa shape index (κ2) is 9.01. The summed E-state index contributed by atoms with van der Waals surface area (Å²) in [6, 6.07) is 3.55. The molecule has 26 heavy (non-hydrogen) atoms. The lowest BCUT2D eigenvalue weighted by Gasteiger charge is -2.37. The summed E-state index contributed by atoms with van der Waals surface area (Å²) in [7, 11) is 1.81. The summed E-state index contributed by atoms with van der Waals surface area (Å²) in [5.41, 5.74) is 0.610. The van der Waals surface area contributed by atoms with E-state index < -0.39 is 11.6 Å². The first kappa shape index (κ1) is 20.2. The van der Waals surface area contributed by atoms with E-state index in [2.05, 4.69) is 4.98 Å². The molecule has 6 heteroatoms. The van der Waals surface area contributed by atoms with Crippen LogP contribution in [0.4, 0.5) is 4.79 Å². The lowest BCUT2D eigenvalue weighted by molar-refractivity contribution is -0.136. The average molecular weight is 361 g/mol. The van der Waals surface area contributed by atoms with Gasteiger partial charge in [0.25, 0.3) is 0 Å². The molecule has 2 amide bonds. The van der Waals surface area contributed by atoms with Gasteiger partial charge in [-0.3, -0.25) is 14.7 Å². The summed E-state index contributed by atoms with van der Waals surface area (Å²) < 4.78 is 5.49. The Labute approximate surface area is 156 Å². The molecule has 1 saturated heterocycles. The molecule has 0 radical (unpaired) electrons. The summed E-state index contributed by atoms with van der Waals surface area (Å²) in [6.45, 7) is 6.77. The fraction of sp³-hybridized carbons (Fsp3) is 0.650. The van der Waals surface area contributed by atoms with Crippen LogP contribution in [-0.4, -0.2) is 58.6 Å². The van der Waals surface area contributed by atoms with E-state index in [1.165, 1.54) is 5.56 Å². The Bertz CT molecular complexity index is 598. The first-order valence-electron chi connectivity index (χ1n) is 9.41. The van der Waals surface area contributed by atoms with Gasteiger partial charge in [-0.25, -0.2) is 4.79 Å². The highest BCUT2D eigenvalue weighted by molar-refractivity contribution is 5.85. The SMILES string of the molecule is CN(CCCc1cccnc1)C(=O)C1CCCCN1C(=O)OC(C)(C)C. The Balaban J connectivity index is 1.90. The molecule has 1 aromatic heterocycles. The van der Waals surface area contributed by atoms with Crippen LogP contribution in [0, 0.1) is 0 Å². The molecule has 0 bridgehead atoms. The van der Waals surface area contributed by atoms with Crippen molar-refractivity contribution in [3.63, 3.8) is 0 Å². The Morgan fingerprint density at radius 1 is 1.35 bits per heavy atom. The average Bonchev–Trinajstić information content (AvgIpc) is 2.60. The van der Waals surface area contributed by atoms with Gasteiger partial charge in [0.05, 0.1) is 0 Å². The third-order valence-electron chi connectivity index (χ3n) is 4.47. The van der Waals surface area contributed by atoms with Crippen molar-refractivity contribution in [1.29, 1.82) is 0 Å². The van der Waals surface area contributed by atoms with Crippen LogP contribution < -0.4 is 0 Å². The maximum absolute atomic E-state index is 12.9. The number of amides is 2. The lowest BCUT2D eigenvalue weighted by Crippen LogP contribution is -2.53. The lowest BCUT2D eigenvalue weighted by atomic mass is 10.0. The van der Waals surface area contributed by atoms with Crippen molar-refractivity contribution in [2.45, 2.75) is 64.5 Å². The first-order chi connectivity index (χ1) is 12.3.